The summed E-state index contributed by atoms with van der Waals surface area (Å²) in [6.45, 7) is 4.45. The van der Waals surface area contributed by atoms with E-state index < -0.39 is 0 Å². The summed E-state index contributed by atoms with van der Waals surface area (Å²) in [5.41, 5.74) is 4.97. The predicted octanol–water partition coefficient (Wildman–Crippen LogP) is 3.80. The maximum Gasteiger partial charge on any atom is 0.251 e. The Balaban J connectivity index is 1.50. The monoisotopic (exact) mass is 413 g/mol. The molecule has 0 spiro atoms. The van der Waals surface area contributed by atoms with Crippen LogP contribution in [0.25, 0.3) is 22.6 Å². The first kappa shape index (κ1) is 20.3. The molecule has 0 radical (unpaired) electrons. The highest BCUT2D eigenvalue weighted by atomic mass is 16.2. The molecule has 4 rings (SSSR count). The molecule has 2 aromatic carbocycles. The van der Waals surface area contributed by atoms with E-state index in [0.29, 0.717) is 24.3 Å². The van der Waals surface area contributed by atoms with Crippen LogP contribution in [-0.4, -0.2) is 32.9 Å². The van der Waals surface area contributed by atoms with Crippen molar-refractivity contribution in [3.8, 4) is 11.4 Å². The average molecular weight is 413 g/mol. The van der Waals surface area contributed by atoms with Crippen molar-refractivity contribution in [2.75, 3.05) is 11.9 Å². The molecule has 2 N–H and O–H groups in total. The first-order chi connectivity index (χ1) is 15.0. The molecule has 0 saturated carbocycles. The number of anilines is 1. The molecule has 0 saturated heterocycles. The van der Waals surface area contributed by atoms with E-state index >= 15 is 0 Å². The van der Waals surface area contributed by atoms with Crippen molar-refractivity contribution in [3.05, 3.63) is 78.0 Å². The molecule has 0 aliphatic heterocycles. The van der Waals surface area contributed by atoms with Crippen molar-refractivity contribution in [1.82, 2.24) is 19.9 Å². The fourth-order valence-corrected chi connectivity index (χ4v) is 3.38. The van der Waals surface area contributed by atoms with Crippen molar-refractivity contribution in [3.63, 3.8) is 0 Å². The molecule has 0 aliphatic rings. The van der Waals surface area contributed by atoms with Crippen LogP contribution < -0.4 is 10.6 Å². The fraction of sp³-hybridized carbons (Fsp3) is 0.167. The molecule has 0 fully saturated rings. The number of imidazole rings is 1. The third kappa shape index (κ3) is 4.61. The van der Waals surface area contributed by atoms with E-state index in [-0.39, 0.29) is 11.8 Å². The summed E-state index contributed by atoms with van der Waals surface area (Å²) in [6.07, 6.45) is 1.74. The highest BCUT2D eigenvalue weighted by Crippen LogP contribution is 2.23. The van der Waals surface area contributed by atoms with E-state index in [1.54, 1.807) is 30.5 Å². The van der Waals surface area contributed by atoms with Gasteiger partial charge in [-0.15, -0.1) is 0 Å². The summed E-state index contributed by atoms with van der Waals surface area (Å²) in [4.78, 5) is 32.9. The van der Waals surface area contributed by atoms with Crippen LogP contribution in [0.15, 0.2) is 66.9 Å². The molecule has 0 bridgehead atoms. The minimum atomic E-state index is -0.177. The van der Waals surface area contributed by atoms with Crippen LogP contribution in [0.2, 0.25) is 0 Å². The lowest BCUT2D eigenvalue weighted by Gasteiger charge is -2.11. The van der Waals surface area contributed by atoms with E-state index in [2.05, 4.69) is 27.8 Å². The lowest BCUT2D eigenvalue weighted by molar-refractivity contribution is -0.114. The lowest BCUT2D eigenvalue weighted by atomic mass is 10.1. The SMILES string of the molecule is CC(=O)Nc1ccc(C(=O)NCCn2c(-c3ccc(C)cc3)nc3cccnc32)cc1. The summed E-state index contributed by atoms with van der Waals surface area (Å²) in [6, 6.07) is 18.8. The number of pyridine rings is 1. The number of benzene rings is 2. The van der Waals surface area contributed by atoms with Crippen molar-refractivity contribution in [2.45, 2.75) is 20.4 Å². The number of fused-ring (bicyclic) bond motifs is 1. The summed E-state index contributed by atoms with van der Waals surface area (Å²) in [7, 11) is 0. The summed E-state index contributed by atoms with van der Waals surface area (Å²) in [5.74, 6) is 0.494. The lowest BCUT2D eigenvalue weighted by Crippen LogP contribution is -2.27. The third-order valence-electron chi connectivity index (χ3n) is 4.90. The number of aryl methyl sites for hydroxylation is 1. The third-order valence-corrected chi connectivity index (χ3v) is 4.90. The number of nitrogens with one attached hydrogen (secondary N) is 2. The van der Waals surface area contributed by atoms with Crippen LogP contribution in [0.5, 0.6) is 0 Å². The van der Waals surface area contributed by atoms with Gasteiger partial charge in [-0.2, -0.15) is 0 Å². The molecular formula is C24H23N5O2. The summed E-state index contributed by atoms with van der Waals surface area (Å²) in [5, 5.41) is 5.63. The maximum atomic E-state index is 12.5. The van der Waals surface area contributed by atoms with Gasteiger partial charge in [0, 0.05) is 43.0 Å². The molecule has 0 aliphatic carbocycles. The molecular weight excluding hydrogens is 390 g/mol. The van der Waals surface area contributed by atoms with Gasteiger partial charge in [-0.3, -0.25) is 9.59 Å². The zero-order chi connectivity index (χ0) is 21.8. The second kappa shape index (κ2) is 8.79. The van der Waals surface area contributed by atoms with Gasteiger partial charge in [0.15, 0.2) is 5.65 Å². The van der Waals surface area contributed by atoms with Crippen LogP contribution in [0.4, 0.5) is 5.69 Å². The van der Waals surface area contributed by atoms with Gasteiger partial charge in [-0.1, -0.05) is 29.8 Å². The minimum Gasteiger partial charge on any atom is -0.350 e. The summed E-state index contributed by atoms with van der Waals surface area (Å²) >= 11 is 0. The van der Waals surface area contributed by atoms with Gasteiger partial charge in [0.2, 0.25) is 5.91 Å². The van der Waals surface area contributed by atoms with Gasteiger partial charge >= 0.3 is 0 Å². The zero-order valence-corrected chi connectivity index (χ0v) is 17.4. The van der Waals surface area contributed by atoms with E-state index in [4.69, 9.17) is 4.98 Å². The Hall–Kier alpha value is -4.00. The van der Waals surface area contributed by atoms with Crippen LogP contribution >= 0.6 is 0 Å². The van der Waals surface area contributed by atoms with Gasteiger partial charge in [0.05, 0.1) is 0 Å². The maximum absolute atomic E-state index is 12.5. The van der Waals surface area contributed by atoms with Crippen LogP contribution in [0, 0.1) is 6.92 Å². The van der Waals surface area contributed by atoms with Gasteiger partial charge in [0.25, 0.3) is 5.91 Å². The van der Waals surface area contributed by atoms with E-state index in [1.165, 1.54) is 12.5 Å². The topological polar surface area (TPSA) is 88.9 Å². The van der Waals surface area contributed by atoms with Gasteiger partial charge in [-0.05, 0) is 43.3 Å². The second-order valence-corrected chi connectivity index (χ2v) is 7.31. The normalized spacial score (nSPS) is 10.8. The first-order valence-electron chi connectivity index (χ1n) is 10.1. The highest BCUT2D eigenvalue weighted by Gasteiger charge is 2.14. The number of rotatable bonds is 6. The van der Waals surface area contributed by atoms with E-state index in [9.17, 15) is 9.59 Å². The smallest absolute Gasteiger partial charge is 0.251 e. The molecule has 7 nitrogen and oxygen atoms in total. The molecule has 0 unspecified atom stereocenters. The Bertz CT molecular complexity index is 1230. The zero-order valence-electron chi connectivity index (χ0n) is 17.4. The highest BCUT2D eigenvalue weighted by molar-refractivity contribution is 5.95. The van der Waals surface area contributed by atoms with Crippen molar-refractivity contribution in [1.29, 1.82) is 0 Å². The molecule has 4 aromatic rings. The Morgan fingerprint density at radius 2 is 1.74 bits per heavy atom. The first-order valence-corrected chi connectivity index (χ1v) is 10.1. The van der Waals surface area contributed by atoms with E-state index in [0.717, 1.165) is 22.6 Å². The molecule has 7 heteroatoms. The van der Waals surface area contributed by atoms with Crippen LogP contribution in [0.3, 0.4) is 0 Å². The predicted molar refractivity (Wildman–Crippen MR) is 121 cm³/mol. The molecule has 0 atom stereocenters. The Kier molecular flexibility index (Phi) is 5.75. The molecule has 2 aromatic heterocycles. The average Bonchev–Trinajstić information content (AvgIpc) is 3.13. The number of nitrogens with zero attached hydrogens (tertiary/aromatic N) is 3. The second-order valence-electron chi connectivity index (χ2n) is 7.31. The minimum absolute atomic E-state index is 0.150. The standard InChI is InChI=1S/C24H23N5O2/c1-16-5-7-18(8-6-16)22-28-21-4-3-13-25-23(21)29(22)15-14-26-24(31)19-9-11-20(12-10-19)27-17(2)30/h3-13H,14-15H2,1-2H3,(H,26,31)(H,27,30). The van der Waals surface area contributed by atoms with Crippen molar-refractivity contribution >= 4 is 28.7 Å². The number of carbonyl (C=O) groups is 2. The Morgan fingerprint density at radius 3 is 2.45 bits per heavy atom. The van der Waals surface area contributed by atoms with Crippen LogP contribution in [-0.2, 0) is 11.3 Å². The quantitative estimate of drug-likeness (QED) is 0.503. The molecule has 156 valence electrons. The van der Waals surface area contributed by atoms with Gasteiger partial charge < -0.3 is 15.2 Å². The number of amides is 2. The molecule has 2 amide bonds. The van der Waals surface area contributed by atoms with E-state index in [1.807, 2.05) is 35.8 Å². The van der Waals surface area contributed by atoms with Gasteiger partial charge in [-0.25, -0.2) is 9.97 Å². The van der Waals surface area contributed by atoms with Gasteiger partial charge in [0.1, 0.15) is 11.3 Å². The summed E-state index contributed by atoms with van der Waals surface area (Å²) < 4.78 is 2.03. The molecule has 2 heterocycles. The van der Waals surface area contributed by atoms with Crippen LogP contribution in [0.1, 0.15) is 22.8 Å². The Labute approximate surface area is 180 Å². The number of aromatic nitrogens is 3. The Morgan fingerprint density at radius 1 is 1.00 bits per heavy atom. The largest absolute Gasteiger partial charge is 0.350 e. The molecule has 31 heavy (non-hydrogen) atoms. The fourth-order valence-electron chi connectivity index (χ4n) is 3.38. The number of carbonyl (C=O) groups excluding carboxylic acids is 2. The van der Waals surface area contributed by atoms with Crippen molar-refractivity contribution < 1.29 is 9.59 Å². The number of hydrogen-bond donors (Lipinski definition) is 2. The van der Waals surface area contributed by atoms with Crippen molar-refractivity contribution in [2.24, 2.45) is 0 Å². The number of hydrogen-bond acceptors (Lipinski definition) is 4.